The Balaban J connectivity index is 2.60. The second-order valence-electron chi connectivity index (χ2n) is 3.90. The summed E-state index contributed by atoms with van der Waals surface area (Å²) < 4.78 is 5.32. The maximum absolute atomic E-state index is 5.32. The smallest absolute Gasteiger partial charge is 0.168 e. The molecule has 0 fully saturated rings. The minimum atomic E-state index is 0.750. The molecule has 0 spiro atoms. The van der Waals surface area contributed by atoms with Gasteiger partial charge in [-0.3, -0.25) is 0 Å². The molecule has 4 heteroatoms. The van der Waals surface area contributed by atoms with Crippen molar-refractivity contribution in [3.63, 3.8) is 0 Å². The van der Waals surface area contributed by atoms with Crippen molar-refractivity contribution in [3.05, 3.63) is 29.8 Å². The van der Waals surface area contributed by atoms with Crippen LogP contribution in [-0.2, 0) is 6.54 Å². The molecule has 1 rings (SSSR count). The summed E-state index contributed by atoms with van der Waals surface area (Å²) in [5, 5.41) is 3.98. The fraction of sp³-hybridized carbons (Fsp3) is 0.462. The fourth-order valence-electron chi connectivity index (χ4n) is 1.53. The third-order valence-corrected chi connectivity index (χ3v) is 2.93. The number of ether oxygens (including phenoxy) is 1. The summed E-state index contributed by atoms with van der Waals surface area (Å²) in [6.45, 7) is 3.78. The summed E-state index contributed by atoms with van der Waals surface area (Å²) in [5.41, 5.74) is 1.14. The predicted molar refractivity (Wildman–Crippen MR) is 75.4 cm³/mol. The number of para-hydroxylation sites is 1. The van der Waals surface area contributed by atoms with E-state index in [4.69, 9.17) is 17.0 Å². The van der Waals surface area contributed by atoms with Crippen molar-refractivity contribution in [2.45, 2.75) is 19.9 Å². The van der Waals surface area contributed by atoms with E-state index in [2.05, 4.69) is 18.3 Å². The summed E-state index contributed by atoms with van der Waals surface area (Å²) in [7, 11) is 3.67. The summed E-state index contributed by atoms with van der Waals surface area (Å²) in [6, 6.07) is 7.99. The lowest BCUT2D eigenvalue weighted by Crippen LogP contribution is -2.36. The van der Waals surface area contributed by atoms with Gasteiger partial charge in [0.2, 0.25) is 0 Å². The topological polar surface area (TPSA) is 24.5 Å². The van der Waals surface area contributed by atoms with E-state index in [1.807, 2.05) is 30.1 Å². The molecule has 1 aromatic rings. The van der Waals surface area contributed by atoms with E-state index in [0.29, 0.717) is 0 Å². The Labute approximate surface area is 109 Å². The highest BCUT2D eigenvalue weighted by Gasteiger charge is 2.07. The van der Waals surface area contributed by atoms with Crippen molar-refractivity contribution in [1.29, 1.82) is 0 Å². The molecule has 0 saturated carbocycles. The molecule has 17 heavy (non-hydrogen) atoms. The van der Waals surface area contributed by atoms with Crippen LogP contribution in [0.15, 0.2) is 24.3 Å². The van der Waals surface area contributed by atoms with Crippen LogP contribution < -0.4 is 10.1 Å². The van der Waals surface area contributed by atoms with Gasteiger partial charge in [-0.1, -0.05) is 25.1 Å². The van der Waals surface area contributed by atoms with E-state index in [0.717, 1.165) is 35.9 Å². The van der Waals surface area contributed by atoms with Crippen molar-refractivity contribution < 1.29 is 4.74 Å². The van der Waals surface area contributed by atoms with Crippen molar-refractivity contribution in [2.75, 3.05) is 20.7 Å². The third kappa shape index (κ3) is 4.23. The highest BCUT2D eigenvalue weighted by Crippen LogP contribution is 2.18. The molecular weight excluding hydrogens is 232 g/mol. The molecule has 1 aromatic carbocycles. The number of hydrogen-bond acceptors (Lipinski definition) is 2. The molecule has 3 nitrogen and oxygen atoms in total. The molecular formula is C13H20N2OS. The van der Waals surface area contributed by atoms with Crippen LogP contribution in [0.4, 0.5) is 0 Å². The van der Waals surface area contributed by atoms with Crippen LogP contribution in [0, 0.1) is 0 Å². The molecule has 0 amide bonds. The first-order valence-corrected chi connectivity index (χ1v) is 6.20. The number of thiocarbonyl (C=S) groups is 1. The molecule has 0 atom stereocenters. The van der Waals surface area contributed by atoms with Gasteiger partial charge >= 0.3 is 0 Å². The number of benzene rings is 1. The maximum atomic E-state index is 5.32. The molecule has 0 radical (unpaired) electrons. The predicted octanol–water partition coefficient (Wildman–Crippen LogP) is 2.41. The fourth-order valence-corrected chi connectivity index (χ4v) is 1.69. The Kier molecular flexibility index (Phi) is 5.77. The molecule has 0 bridgehead atoms. The number of methoxy groups -OCH3 is 1. The molecule has 94 valence electrons. The van der Waals surface area contributed by atoms with Crippen molar-refractivity contribution >= 4 is 17.3 Å². The van der Waals surface area contributed by atoms with Gasteiger partial charge in [0.25, 0.3) is 0 Å². The molecule has 0 aliphatic rings. The van der Waals surface area contributed by atoms with E-state index in [1.165, 1.54) is 0 Å². The van der Waals surface area contributed by atoms with E-state index in [1.54, 1.807) is 7.11 Å². The molecule has 1 N–H and O–H groups in total. The summed E-state index contributed by atoms with van der Waals surface area (Å²) in [5.74, 6) is 0.901. The lowest BCUT2D eigenvalue weighted by molar-refractivity contribution is 0.397. The highest BCUT2D eigenvalue weighted by molar-refractivity contribution is 7.80. The average Bonchev–Trinajstić information content (AvgIpc) is 2.36. The number of nitrogens with zero attached hydrogens (tertiary/aromatic N) is 1. The van der Waals surface area contributed by atoms with Crippen LogP contribution in [0.5, 0.6) is 5.75 Å². The lowest BCUT2D eigenvalue weighted by atomic mass is 10.2. The van der Waals surface area contributed by atoms with Gasteiger partial charge in [0.1, 0.15) is 5.75 Å². The summed E-state index contributed by atoms with van der Waals surface area (Å²) in [6.07, 6.45) is 1.07. The Morgan fingerprint density at radius 3 is 2.76 bits per heavy atom. The second-order valence-corrected chi connectivity index (χ2v) is 4.29. The van der Waals surface area contributed by atoms with E-state index in [9.17, 15) is 0 Å². The van der Waals surface area contributed by atoms with Crippen molar-refractivity contribution in [3.8, 4) is 5.75 Å². The normalized spacial score (nSPS) is 9.82. The lowest BCUT2D eigenvalue weighted by Gasteiger charge is -2.21. The monoisotopic (exact) mass is 252 g/mol. The minimum Gasteiger partial charge on any atom is -0.496 e. The Bertz CT molecular complexity index is 368. The first-order valence-electron chi connectivity index (χ1n) is 5.80. The molecule has 0 aliphatic heterocycles. The number of nitrogens with one attached hydrogen (secondary N) is 1. The third-order valence-electron chi connectivity index (χ3n) is 2.47. The maximum Gasteiger partial charge on any atom is 0.168 e. The van der Waals surface area contributed by atoms with Gasteiger partial charge in [-0.05, 0) is 24.7 Å². The average molecular weight is 252 g/mol. The molecule has 0 saturated heterocycles. The van der Waals surface area contributed by atoms with E-state index < -0.39 is 0 Å². The van der Waals surface area contributed by atoms with Crippen LogP contribution in [-0.4, -0.2) is 30.7 Å². The molecule has 0 aliphatic carbocycles. The first-order chi connectivity index (χ1) is 8.19. The Hall–Kier alpha value is -1.29. The van der Waals surface area contributed by atoms with Gasteiger partial charge < -0.3 is 15.0 Å². The largest absolute Gasteiger partial charge is 0.496 e. The standard InChI is InChI=1S/C13H20N2OS/c1-4-9-14-13(17)15(2)10-11-7-5-6-8-12(11)16-3/h5-8H,4,9-10H2,1-3H3,(H,14,17). The van der Waals surface area contributed by atoms with Crippen molar-refractivity contribution in [1.82, 2.24) is 10.2 Å². The van der Waals surface area contributed by atoms with E-state index in [-0.39, 0.29) is 0 Å². The zero-order valence-electron chi connectivity index (χ0n) is 10.7. The summed E-state index contributed by atoms with van der Waals surface area (Å²) in [4.78, 5) is 2.02. The van der Waals surface area contributed by atoms with Crippen LogP contribution in [0.3, 0.4) is 0 Å². The first kappa shape index (κ1) is 13.8. The van der Waals surface area contributed by atoms with Gasteiger partial charge in [-0.25, -0.2) is 0 Å². The Morgan fingerprint density at radius 1 is 1.41 bits per heavy atom. The summed E-state index contributed by atoms with van der Waals surface area (Å²) >= 11 is 5.29. The van der Waals surface area contributed by atoms with Gasteiger partial charge in [-0.2, -0.15) is 0 Å². The molecule has 0 heterocycles. The quantitative estimate of drug-likeness (QED) is 0.813. The second kappa shape index (κ2) is 7.12. The van der Waals surface area contributed by atoms with Gasteiger partial charge in [0.05, 0.1) is 7.11 Å². The highest BCUT2D eigenvalue weighted by atomic mass is 32.1. The van der Waals surface area contributed by atoms with Gasteiger partial charge in [0, 0.05) is 25.7 Å². The van der Waals surface area contributed by atoms with Crippen LogP contribution in [0.25, 0.3) is 0 Å². The van der Waals surface area contributed by atoms with Crippen molar-refractivity contribution in [2.24, 2.45) is 0 Å². The zero-order chi connectivity index (χ0) is 12.7. The van der Waals surface area contributed by atoms with Crippen LogP contribution in [0.2, 0.25) is 0 Å². The zero-order valence-corrected chi connectivity index (χ0v) is 11.5. The van der Waals surface area contributed by atoms with Gasteiger partial charge in [-0.15, -0.1) is 0 Å². The number of hydrogen-bond donors (Lipinski definition) is 1. The Morgan fingerprint density at radius 2 is 2.12 bits per heavy atom. The number of rotatable bonds is 5. The SMILES string of the molecule is CCCNC(=S)N(C)Cc1ccccc1OC. The van der Waals surface area contributed by atoms with Crippen LogP contribution in [0.1, 0.15) is 18.9 Å². The molecule has 0 unspecified atom stereocenters. The molecule has 0 aromatic heterocycles. The minimum absolute atomic E-state index is 0.750. The van der Waals surface area contributed by atoms with E-state index >= 15 is 0 Å². The van der Waals surface area contributed by atoms with Gasteiger partial charge in [0.15, 0.2) is 5.11 Å². The van der Waals surface area contributed by atoms with Crippen LogP contribution >= 0.6 is 12.2 Å².